The monoisotopic (exact) mass is 198 g/mol. The third kappa shape index (κ3) is 2.07. The molecule has 0 radical (unpaired) electrons. The van der Waals surface area contributed by atoms with Gasteiger partial charge in [0.05, 0.1) is 0 Å². The third-order valence-corrected chi connectivity index (χ3v) is 2.02. The second-order valence-electron chi connectivity index (χ2n) is 3.04. The molecule has 0 saturated carbocycles. The summed E-state index contributed by atoms with van der Waals surface area (Å²) in [6.45, 7) is 4.33. The minimum atomic E-state index is -0.408. The van der Waals surface area contributed by atoms with E-state index >= 15 is 0 Å². The van der Waals surface area contributed by atoms with Crippen LogP contribution in [0.5, 0.6) is 0 Å². The van der Waals surface area contributed by atoms with E-state index in [4.69, 9.17) is 0 Å². The fourth-order valence-electron chi connectivity index (χ4n) is 1.26. The molecule has 0 saturated heterocycles. The molecule has 0 bridgehead atoms. The molecular formula is C8H14N4O2. The van der Waals surface area contributed by atoms with Crippen molar-refractivity contribution >= 4 is 5.82 Å². The predicted octanol–water partition coefficient (Wildman–Crippen LogP) is 1.55. The van der Waals surface area contributed by atoms with Gasteiger partial charge in [0.2, 0.25) is 0 Å². The Morgan fingerprint density at radius 2 is 2.21 bits per heavy atom. The Morgan fingerprint density at radius 1 is 1.50 bits per heavy atom. The van der Waals surface area contributed by atoms with Crippen LogP contribution in [0.15, 0.2) is 0 Å². The van der Waals surface area contributed by atoms with E-state index in [2.05, 4.69) is 10.3 Å². The van der Waals surface area contributed by atoms with Gasteiger partial charge in [-0.05, 0) is 18.3 Å². The number of nitro groups is 1. The maximum absolute atomic E-state index is 10.7. The Labute approximate surface area is 82.1 Å². The highest BCUT2D eigenvalue weighted by Crippen LogP contribution is 2.17. The third-order valence-electron chi connectivity index (χ3n) is 2.02. The molecule has 0 spiro atoms. The first-order valence-electron chi connectivity index (χ1n) is 4.77. The van der Waals surface area contributed by atoms with Gasteiger partial charge in [-0.15, -0.1) is 9.78 Å². The minimum Gasteiger partial charge on any atom is -0.358 e. The van der Waals surface area contributed by atoms with Crippen LogP contribution < -0.4 is 0 Å². The van der Waals surface area contributed by atoms with Crippen LogP contribution >= 0.6 is 0 Å². The van der Waals surface area contributed by atoms with Crippen molar-refractivity contribution in [1.82, 2.24) is 15.0 Å². The Hall–Kier alpha value is -1.46. The van der Waals surface area contributed by atoms with Gasteiger partial charge in [0.25, 0.3) is 0 Å². The second kappa shape index (κ2) is 4.69. The highest BCUT2D eigenvalue weighted by Gasteiger charge is 2.21. The molecule has 0 aliphatic carbocycles. The average Bonchev–Trinajstić information content (AvgIpc) is 2.57. The number of hydrogen-bond donors (Lipinski definition) is 0. The molecule has 0 N–H and O–H groups in total. The van der Waals surface area contributed by atoms with E-state index < -0.39 is 4.92 Å². The van der Waals surface area contributed by atoms with Crippen LogP contribution in [0.4, 0.5) is 5.82 Å². The van der Waals surface area contributed by atoms with E-state index in [0.29, 0.717) is 18.7 Å². The SMILES string of the molecule is CCCCc1nnn(CC)c1[N+](=O)[O-]. The molecule has 1 heterocycles. The van der Waals surface area contributed by atoms with Crippen molar-refractivity contribution in [2.75, 3.05) is 0 Å². The van der Waals surface area contributed by atoms with Crippen molar-refractivity contribution in [3.05, 3.63) is 15.8 Å². The molecule has 0 aliphatic rings. The Morgan fingerprint density at radius 3 is 2.71 bits per heavy atom. The Kier molecular flexibility index (Phi) is 3.55. The fraction of sp³-hybridized carbons (Fsp3) is 0.750. The van der Waals surface area contributed by atoms with Gasteiger partial charge in [-0.25, -0.2) is 0 Å². The summed E-state index contributed by atoms with van der Waals surface area (Å²) in [5, 5.41) is 18.3. The molecule has 1 aromatic heterocycles. The normalized spacial score (nSPS) is 10.4. The van der Waals surface area contributed by atoms with Gasteiger partial charge in [0.1, 0.15) is 6.54 Å². The first-order chi connectivity index (χ1) is 6.70. The lowest BCUT2D eigenvalue weighted by Crippen LogP contribution is -2.03. The van der Waals surface area contributed by atoms with Gasteiger partial charge in [-0.2, -0.15) is 0 Å². The quantitative estimate of drug-likeness (QED) is 0.531. The van der Waals surface area contributed by atoms with Crippen LogP contribution in [0.2, 0.25) is 0 Å². The molecule has 0 fully saturated rings. The molecule has 6 nitrogen and oxygen atoms in total. The molecule has 0 atom stereocenters. The number of rotatable bonds is 5. The predicted molar refractivity (Wildman–Crippen MR) is 51.0 cm³/mol. The largest absolute Gasteiger partial charge is 0.368 e. The molecule has 0 unspecified atom stereocenters. The number of aromatic nitrogens is 3. The van der Waals surface area contributed by atoms with Crippen LogP contribution in [-0.4, -0.2) is 19.9 Å². The summed E-state index contributed by atoms with van der Waals surface area (Å²) in [4.78, 5) is 10.3. The van der Waals surface area contributed by atoms with Gasteiger partial charge >= 0.3 is 5.82 Å². The summed E-state index contributed by atoms with van der Waals surface area (Å²) in [6, 6.07) is 0. The first kappa shape index (κ1) is 10.6. The zero-order valence-electron chi connectivity index (χ0n) is 8.43. The molecule has 1 aromatic rings. The lowest BCUT2D eigenvalue weighted by molar-refractivity contribution is -0.393. The number of hydrogen-bond acceptors (Lipinski definition) is 4. The minimum absolute atomic E-state index is 0.0425. The molecule has 0 amide bonds. The summed E-state index contributed by atoms with van der Waals surface area (Å²) < 4.78 is 1.32. The molecule has 78 valence electrons. The van der Waals surface area contributed by atoms with Crippen LogP contribution in [0.25, 0.3) is 0 Å². The highest BCUT2D eigenvalue weighted by molar-refractivity contribution is 5.25. The van der Waals surface area contributed by atoms with Gasteiger partial charge in [0, 0.05) is 11.6 Å². The molecular weight excluding hydrogens is 184 g/mol. The van der Waals surface area contributed by atoms with Crippen LogP contribution in [0.3, 0.4) is 0 Å². The number of aryl methyl sites for hydroxylation is 2. The maximum atomic E-state index is 10.7. The summed E-state index contributed by atoms with van der Waals surface area (Å²) >= 11 is 0. The van der Waals surface area contributed by atoms with E-state index in [1.54, 1.807) is 0 Å². The van der Waals surface area contributed by atoms with Gasteiger partial charge in [0.15, 0.2) is 5.69 Å². The number of nitrogens with zero attached hydrogens (tertiary/aromatic N) is 4. The summed E-state index contributed by atoms with van der Waals surface area (Å²) in [5.74, 6) is 0.0425. The molecule has 6 heteroatoms. The van der Waals surface area contributed by atoms with Gasteiger partial charge in [-0.1, -0.05) is 13.3 Å². The second-order valence-corrected chi connectivity index (χ2v) is 3.04. The van der Waals surface area contributed by atoms with Crippen molar-refractivity contribution in [1.29, 1.82) is 0 Å². The van der Waals surface area contributed by atoms with E-state index in [1.165, 1.54) is 4.68 Å². The van der Waals surface area contributed by atoms with Crippen LogP contribution in [0.1, 0.15) is 32.4 Å². The topological polar surface area (TPSA) is 73.8 Å². The van der Waals surface area contributed by atoms with Crippen molar-refractivity contribution < 1.29 is 4.92 Å². The van der Waals surface area contributed by atoms with E-state index in [-0.39, 0.29) is 5.82 Å². The molecule has 14 heavy (non-hydrogen) atoms. The molecule has 1 rings (SSSR count). The molecule has 0 aliphatic heterocycles. The summed E-state index contributed by atoms with van der Waals surface area (Å²) in [7, 11) is 0. The van der Waals surface area contributed by atoms with Crippen molar-refractivity contribution in [2.24, 2.45) is 0 Å². The number of unbranched alkanes of at least 4 members (excludes halogenated alkanes) is 1. The lowest BCUT2D eigenvalue weighted by atomic mass is 10.2. The zero-order valence-corrected chi connectivity index (χ0v) is 8.43. The van der Waals surface area contributed by atoms with E-state index in [0.717, 1.165) is 12.8 Å². The van der Waals surface area contributed by atoms with Crippen molar-refractivity contribution in [3.63, 3.8) is 0 Å². The lowest BCUT2D eigenvalue weighted by Gasteiger charge is -1.97. The zero-order chi connectivity index (χ0) is 10.6. The summed E-state index contributed by atoms with van der Waals surface area (Å²) in [5.41, 5.74) is 0.499. The van der Waals surface area contributed by atoms with Crippen LogP contribution in [0, 0.1) is 10.1 Å². The van der Waals surface area contributed by atoms with Gasteiger partial charge < -0.3 is 10.1 Å². The maximum Gasteiger partial charge on any atom is 0.368 e. The Bertz CT molecular complexity index is 321. The summed E-state index contributed by atoms with van der Waals surface area (Å²) in [6.07, 6.45) is 2.53. The van der Waals surface area contributed by atoms with E-state index in [9.17, 15) is 10.1 Å². The van der Waals surface area contributed by atoms with Crippen LogP contribution in [-0.2, 0) is 13.0 Å². The highest BCUT2D eigenvalue weighted by atomic mass is 16.6. The Balaban J connectivity index is 2.92. The average molecular weight is 198 g/mol. The first-order valence-corrected chi connectivity index (χ1v) is 4.77. The van der Waals surface area contributed by atoms with Gasteiger partial charge in [-0.3, -0.25) is 0 Å². The van der Waals surface area contributed by atoms with Crippen molar-refractivity contribution in [3.8, 4) is 0 Å². The molecule has 0 aromatic carbocycles. The van der Waals surface area contributed by atoms with E-state index in [1.807, 2.05) is 13.8 Å². The smallest absolute Gasteiger partial charge is 0.358 e. The standard InChI is InChI=1S/C8H14N4O2/c1-3-5-6-7-8(12(13)14)11(4-2)10-9-7/h3-6H2,1-2H3. The van der Waals surface area contributed by atoms with Crippen molar-refractivity contribution in [2.45, 2.75) is 39.7 Å². The fourth-order valence-corrected chi connectivity index (χ4v) is 1.26.